The Labute approximate surface area is 141 Å². The van der Waals surface area contributed by atoms with E-state index in [1.54, 1.807) is 0 Å². The van der Waals surface area contributed by atoms with Gasteiger partial charge in [0.2, 0.25) is 0 Å². The van der Waals surface area contributed by atoms with E-state index >= 15 is 0 Å². The van der Waals surface area contributed by atoms with Crippen molar-refractivity contribution in [2.75, 3.05) is 0 Å². The SMILES string of the molecule is CC(C)(C)NCc1ccccc1COc1cccc(I)c1. The zero-order valence-corrected chi connectivity index (χ0v) is 15.0. The van der Waals surface area contributed by atoms with Crippen LogP contribution in [0, 0.1) is 3.57 Å². The average molecular weight is 395 g/mol. The van der Waals surface area contributed by atoms with Crippen molar-refractivity contribution in [1.29, 1.82) is 0 Å². The summed E-state index contributed by atoms with van der Waals surface area (Å²) in [7, 11) is 0. The molecule has 0 atom stereocenters. The van der Waals surface area contributed by atoms with E-state index in [0.29, 0.717) is 6.61 Å². The van der Waals surface area contributed by atoms with E-state index in [0.717, 1.165) is 12.3 Å². The van der Waals surface area contributed by atoms with Gasteiger partial charge in [-0.05, 0) is 72.7 Å². The van der Waals surface area contributed by atoms with Gasteiger partial charge in [0.1, 0.15) is 12.4 Å². The van der Waals surface area contributed by atoms with Crippen molar-refractivity contribution in [1.82, 2.24) is 5.32 Å². The molecule has 0 aliphatic rings. The molecule has 0 heterocycles. The second-order valence-corrected chi connectivity index (χ2v) is 7.36. The lowest BCUT2D eigenvalue weighted by Crippen LogP contribution is -2.35. The Morgan fingerprint density at radius 1 is 1.00 bits per heavy atom. The molecule has 2 rings (SSSR count). The van der Waals surface area contributed by atoms with Gasteiger partial charge < -0.3 is 10.1 Å². The fourth-order valence-corrected chi connectivity index (χ4v) is 2.46. The molecular formula is C18H22INO. The maximum Gasteiger partial charge on any atom is 0.120 e. The van der Waals surface area contributed by atoms with Crippen LogP contribution in [0.5, 0.6) is 5.75 Å². The summed E-state index contributed by atoms with van der Waals surface area (Å²) in [4.78, 5) is 0. The lowest BCUT2D eigenvalue weighted by molar-refractivity contribution is 0.303. The molecule has 0 aliphatic carbocycles. The molecule has 0 bridgehead atoms. The summed E-state index contributed by atoms with van der Waals surface area (Å²) in [6, 6.07) is 16.6. The first-order valence-electron chi connectivity index (χ1n) is 7.14. The number of hydrogen-bond donors (Lipinski definition) is 1. The van der Waals surface area contributed by atoms with Gasteiger partial charge in [-0.3, -0.25) is 0 Å². The predicted octanol–water partition coefficient (Wildman–Crippen LogP) is 4.76. The van der Waals surface area contributed by atoms with E-state index in [2.05, 4.69) is 85.1 Å². The van der Waals surface area contributed by atoms with Gasteiger partial charge >= 0.3 is 0 Å². The number of benzene rings is 2. The first-order valence-corrected chi connectivity index (χ1v) is 8.22. The lowest BCUT2D eigenvalue weighted by Gasteiger charge is -2.21. The van der Waals surface area contributed by atoms with Gasteiger partial charge in [0, 0.05) is 15.7 Å². The van der Waals surface area contributed by atoms with Gasteiger partial charge in [0.05, 0.1) is 0 Å². The monoisotopic (exact) mass is 395 g/mol. The third-order valence-corrected chi connectivity index (χ3v) is 3.79. The summed E-state index contributed by atoms with van der Waals surface area (Å²) >= 11 is 2.30. The Balaban J connectivity index is 2.03. The van der Waals surface area contributed by atoms with E-state index in [1.807, 2.05) is 12.1 Å². The second kappa shape index (κ2) is 7.27. The predicted molar refractivity (Wildman–Crippen MR) is 96.5 cm³/mol. The van der Waals surface area contributed by atoms with Crippen LogP contribution in [0.3, 0.4) is 0 Å². The van der Waals surface area contributed by atoms with Gasteiger partial charge in [0.15, 0.2) is 0 Å². The zero-order chi connectivity index (χ0) is 15.3. The van der Waals surface area contributed by atoms with E-state index in [1.165, 1.54) is 14.7 Å². The van der Waals surface area contributed by atoms with Crippen LogP contribution < -0.4 is 10.1 Å². The van der Waals surface area contributed by atoms with Gasteiger partial charge in [-0.2, -0.15) is 0 Å². The van der Waals surface area contributed by atoms with Crippen LogP contribution in [-0.4, -0.2) is 5.54 Å². The minimum absolute atomic E-state index is 0.115. The molecule has 2 aromatic rings. The number of ether oxygens (including phenoxy) is 1. The lowest BCUT2D eigenvalue weighted by atomic mass is 10.1. The summed E-state index contributed by atoms with van der Waals surface area (Å²) in [5.41, 5.74) is 2.63. The highest BCUT2D eigenvalue weighted by atomic mass is 127. The number of rotatable bonds is 5. The van der Waals surface area contributed by atoms with Crippen molar-refractivity contribution in [2.45, 2.75) is 39.5 Å². The van der Waals surface area contributed by atoms with Gasteiger partial charge in [0.25, 0.3) is 0 Å². The van der Waals surface area contributed by atoms with Crippen LogP contribution in [0.1, 0.15) is 31.9 Å². The molecule has 0 amide bonds. The molecule has 0 unspecified atom stereocenters. The maximum absolute atomic E-state index is 5.91. The van der Waals surface area contributed by atoms with E-state index < -0.39 is 0 Å². The number of hydrogen-bond acceptors (Lipinski definition) is 2. The van der Waals surface area contributed by atoms with Gasteiger partial charge in [-0.25, -0.2) is 0 Å². The molecule has 1 N–H and O–H groups in total. The van der Waals surface area contributed by atoms with Crippen molar-refractivity contribution in [2.24, 2.45) is 0 Å². The van der Waals surface area contributed by atoms with E-state index in [4.69, 9.17) is 4.74 Å². The smallest absolute Gasteiger partial charge is 0.120 e. The molecule has 3 heteroatoms. The fourth-order valence-electron chi connectivity index (χ4n) is 1.95. The van der Waals surface area contributed by atoms with Crippen LogP contribution in [0.25, 0.3) is 0 Å². The molecule has 0 fully saturated rings. The molecule has 0 saturated carbocycles. The Hall–Kier alpha value is -1.07. The first kappa shape index (κ1) is 16.3. The minimum Gasteiger partial charge on any atom is -0.489 e. The summed E-state index contributed by atoms with van der Waals surface area (Å²) in [5, 5.41) is 3.53. The average Bonchev–Trinajstić information content (AvgIpc) is 2.43. The third-order valence-electron chi connectivity index (χ3n) is 3.12. The highest BCUT2D eigenvalue weighted by molar-refractivity contribution is 14.1. The Morgan fingerprint density at radius 2 is 1.71 bits per heavy atom. The molecule has 2 aromatic carbocycles. The van der Waals surface area contributed by atoms with Crippen molar-refractivity contribution in [3.8, 4) is 5.75 Å². The van der Waals surface area contributed by atoms with Crippen LogP contribution in [0.4, 0.5) is 0 Å². The Morgan fingerprint density at radius 3 is 2.38 bits per heavy atom. The van der Waals surface area contributed by atoms with Crippen molar-refractivity contribution in [3.05, 3.63) is 63.2 Å². The Kier molecular flexibility index (Phi) is 5.65. The maximum atomic E-state index is 5.91. The van der Waals surface area contributed by atoms with Crippen LogP contribution in [0.15, 0.2) is 48.5 Å². The summed E-state index contributed by atoms with van der Waals surface area (Å²) in [5.74, 6) is 0.917. The molecule has 0 saturated heterocycles. The van der Waals surface area contributed by atoms with Crippen LogP contribution in [-0.2, 0) is 13.2 Å². The third kappa shape index (κ3) is 5.67. The minimum atomic E-state index is 0.115. The Bertz CT molecular complexity index is 590. The summed E-state index contributed by atoms with van der Waals surface area (Å²) in [6.45, 7) is 7.99. The van der Waals surface area contributed by atoms with Crippen molar-refractivity contribution in [3.63, 3.8) is 0 Å². The summed E-state index contributed by atoms with van der Waals surface area (Å²) in [6.07, 6.45) is 0. The van der Waals surface area contributed by atoms with Gasteiger partial charge in [-0.15, -0.1) is 0 Å². The van der Waals surface area contributed by atoms with E-state index in [9.17, 15) is 0 Å². The molecule has 0 aliphatic heterocycles. The fraction of sp³-hybridized carbons (Fsp3) is 0.333. The topological polar surface area (TPSA) is 21.3 Å². The molecular weight excluding hydrogens is 373 g/mol. The molecule has 0 spiro atoms. The highest BCUT2D eigenvalue weighted by Crippen LogP contribution is 2.18. The molecule has 2 nitrogen and oxygen atoms in total. The summed E-state index contributed by atoms with van der Waals surface area (Å²) < 4.78 is 7.10. The second-order valence-electron chi connectivity index (χ2n) is 6.12. The van der Waals surface area contributed by atoms with Crippen molar-refractivity contribution < 1.29 is 4.74 Å². The van der Waals surface area contributed by atoms with Crippen LogP contribution in [0.2, 0.25) is 0 Å². The number of nitrogens with one attached hydrogen (secondary N) is 1. The standard InChI is InChI=1S/C18H22INO/c1-18(2,3)20-12-14-7-4-5-8-15(14)13-21-17-10-6-9-16(19)11-17/h4-11,20H,12-13H2,1-3H3. The molecule has 21 heavy (non-hydrogen) atoms. The molecule has 112 valence electrons. The zero-order valence-electron chi connectivity index (χ0n) is 12.8. The molecule has 0 aromatic heterocycles. The molecule has 0 radical (unpaired) electrons. The van der Waals surface area contributed by atoms with Crippen LogP contribution >= 0.6 is 22.6 Å². The highest BCUT2D eigenvalue weighted by Gasteiger charge is 2.10. The largest absolute Gasteiger partial charge is 0.489 e. The van der Waals surface area contributed by atoms with Crippen molar-refractivity contribution >= 4 is 22.6 Å². The normalized spacial score (nSPS) is 11.4. The van der Waals surface area contributed by atoms with Gasteiger partial charge in [-0.1, -0.05) is 30.3 Å². The quantitative estimate of drug-likeness (QED) is 0.738. The number of halogens is 1. The first-order chi connectivity index (χ1) is 9.94. The van der Waals surface area contributed by atoms with E-state index in [-0.39, 0.29) is 5.54 Å².